The van der Waals surface area contributed by atoms with E-state index >= 15 is 0 Å². The molecule has 0 bridgehead atoms. The normalized spacial score (nSPS) is 13.3. The maximum atomic E-state index is 13.8. The van der Waals surface area contributed by atoms with E-state index in [2.05, 4.69) is 20.3 Å². The molecule has 0 spiro atoms. The predicted molar refractivity (Wildman–Crippen MR) is 98.5 cm³/mol. The van der Waals surface area contributed by atoms with Gasteiger partial charge in [0, 0.05) is 24.5 Å². The zero-order chi connectivity index (χ0) is 20.0. The summed E-state index contributed by atoms with van der Waals surface area (Å²) in [4.78, 5) is 14.3. The van der Waals surface area contributed by atoms with E-state index in [1.165, 1.54) is 0 Å². The van der Waals surface area contributed by atoms with Gasteiger partial charge in [0.15, 0.2) is 0 Å². The fourth-order valence-electron chi connectivity index (χ4n) is 2.13. The molecule has 2 rings (SSSR count). The lowest BCUT2D eigenvalue weighted by Gasteiger charge is -2.21. The number of nitrogens with two attached hydrogens (primary N) is 1. The summed E-state index contributed by atoms with van der Waals surface area (Å²) in [5, 5.41) is 2.96. The second-order valence-electron chi connectivity index (χ2n) is 6.03. The minimum absolute atomic E-state index is 0.130. The highest BCUT2D eigenvalue weighted by molar-refractivity contribution is 5.60. The van der Waals surface area contributed by atoms with Crippen molar-refractivity contribution in [3.63, 3.8) is 0 Å². The summed E-state index contributed by atoms with van der Waals surface area (Å²) in [6.07, 6.45) is -3.19. The van der Waals surface area contributed by atoms with Crippen LogP contribution in [0.3, 0.4) is 0 Å². The molecule has 0 aliphatic rings. The third-order valence-electron chi connectivity index (χ3n) is 3.73. The second kappa shape index (κ2) is 8.74. The number of nitrogens with one attached hydrogen (secondary N) is 1. The molecule has 27 heavy (non-hydrogen) atoms. The Hall–Kier alpha value is -2.78. The van der Waals surface area contributed by atoms with Crippen molar-refractivity contribution in [2.24, 2.45) is 0 Å². The van der Waals surface area contributed by atoms with Crippen LogP contribution in [0.2, 0.25) is 0 Å². The summed E-state index contributed by atoms with van der Waals surface area (Å²) in [7, 11) is 0. The van der Waals surface area contributed by atoms with Crippen molar-refractivity contribution in [3.8, 4) is 6.01 Å². The first kappa shape index (κ1) is 20.5. The molecule has 7 nitrogen and oxygen atoms in total. The van der Waals surface area contributed by atoms with Crippen molar-refractivity contribution in [3.05, 3.63) is 24.3 Å². The van der Waals surface area contributed by atoms with Gasteiger partial charge in [0.25, 0.3) is 6.43 Å². The summed E-state index contributed by atoms with van der Waals surface area (Å²) < 4.78 is 44.3. The van der Waals surface area contributed by atoms with Gasteiger partial charge in [-0.15, -0.1) is 0 Å². The van der Waals surface area contributed by atoms with Crippen molar-refractivity contribution in [1.29, 1.82) is 0 Å². The zero-order valence-corrected chi connectivity index (χ0v) is 15.4. The maximum absolute atomic E-state index is 13.8. The third-order valence-corrected chi connectivity index (χ3v) is 3.73. The monoisotopic (exact) mass is 384 g/mol. The molecule has 0 saturated carbocycles. The van der Waals surface area contributed by atoms with Gasteiger partial charge in [-0.2, -0.15) is 15.0 Å². The lowest BCUT2D eigenvalue weighted by Crippen LogP contribution is -2.35. The van der Waals surface area contributed by atoms with Crippen LogP contribution in [-0.2, 0) is 0 Å². The van der Waals surface area contributed by atoms with Crippen molar-refractivity contribution in [2.75, 3.05) is 35.6 Å². The van der Waals surface area contributed by atoms with E-state index in [0.29, 0.717) is 24.5 Å². The van der Waals surface area contributed by atoms with Crippen molar-refractivity contribution in [1.82, 2.24) is 15.0 Å². The standard InChI is InChI=1S/C17H23F3N6O/c1-4-26(5-2)15-23-14(22-12-8-6-7-11(21)9-12)24-16(25-15)27-10-17(3,20)13(18)19/h6-9,13H,4-5,10,21H2,1-3H3,(H,22,23,24,25). The van der Waals surface area contributed by atoms with Crippen LogP contribution < -0.4 is 20.7 Å². The highest BCUT2D eigenvalue weighted by Gasteiger charge is 2.36. The molecule has 2 aromatic rings. The second-order valence-corrected chi connectivity index (χ2v) is 6.03. The number of ether oxygens (including phenoxy) is 1. The van der Waals surface area contributed by atoms with E-state index in [1.807, 2.05) is 18.7 Å². The molecule has 0 amide bonds. The lowest BCUT2D eigenvalue weighted by molar-refractivity contribution is -0.0498. The largest absolute Gasteiger partial charge is 0.460 e. The van der Waals surface area contributed by atoms with Crippen LogP contribution in [0.4, 0.5) is 36.4 Å². The minimum Gasteiger partial charge on any atom is -0.460 e. The van der Waals surface area contributed by atoms with Crippen LogP contribution in [-0.4, -0.2) is 46.7 Å². The number of hydrogen-bond acceptors (Lipinski definition) is 7. The van der Waals surface area contributed by atoms with E-state index in [9.17, 15) is 13.2 Å². The first-order valence-electron chi connectivity index (χ1n) is 8.48. The third kappa shape index (κ3) is 5.60. The number of nitrogen functional groups attached to an aromatic ring is 1. The molecule has 0 radical (unpaired) electrons. The maximum Gasteiger partial charge on any atom is 0.323 e. The number of aromatic nitrogens is 3. The van der Waals surface area contributed by atoms with Crippen LogP contribution >= 0.6 is 0 Å². The van der Waals surface area contributed by atoms with Crippen LogP contribution in [0.1, 0.15) is 20.8 Å². The quantitative estimate of drug-likeness (QED) is 0.640. The van der Waals surface area contributed by atoms with Gasteiger partial charge in [-0.25, -0.2) is 13.2 Å². The molecule has 0 aliphatic carbocycles. The SMILES string of the molecule is CCN(CC)c1nc(Nc2cccc(N)c2)nc(OCC(C)(F)C(F)F)n1. The number of halogens is 3. The molecule has 1 unspecified atom stereocenters. The summed E-state index contributed by atoms with van der Waals surface area (Å²) >= 11 is 0. The Bertz CT molecular complexity index is 755. The smallest absolute Gasteiger partial charge is 0.323 e. The Labute approximate surface area is 155 Å². The van der Waals surface area contributed by atoms with E-state index < -0.39 is 18.7 Å². The number of alkyl halides is 3. The first-order chi connectivity index (χ1) is 12.7. The van der Waals surface area contributed by atoms with E-state index in [0.717, 1.165) is 6.92 Å². The number of nitrogens with zero attached hydrogens (tertiary/aromatic N) is 4. The van der Waals surface area contributed by atoms with E-state index in [1.54, 1.807) is 24.3 Å². The van der Waals surface area contributed by atoms with Crippen molar-refractivity contribution < 1.29 is 17.9 Å². The fraction of sp³-hybridized carbons (Fsp3) is 0.471. The molecular weight excluding hydrogens is 361 g/mol. The Morgan fingerprint density at radius 1 is 1.22 bits per heavy atom. The molecule has 1 heterocycles. The summed E-state index contributed by atoms with van der Waals surface area (Å²) in [6, 6.07) is 6.66. The minimum atomic E-state index is -3.19. The molecule has 0 saturated heterocycles. The zero-order valence-electron chi connectivity index (χ0n) is 15.4. The fourth-order valence-corrected chi connectivity index (χ4v) is 2.13. The average molecular weight is 384 g/mol. The van der Waals surface area contributed by atoms with Crippen LogP contribution in [0.5, 0.6) is 6.01 Å². The van der Waals surface area contributed by atoms with Crippen LogP contribution in [0, 0.1) is 0 Å². The summed E-state index contributed by atoms with van der Waals surface area (Å²) in [5.41, 5.74) is 4.10. The highest BCUT2D eigenvalue weighted by atomic mass is 19.3. The van der Waals surface area contributed by atoms with Crippen molar-refractivity contribution >= 4 is 23.3 Å². The molecule has 3 N–H and O–H groups in total. The molecule has 1 aromatic heterocycles. The van der Waals surface area contributed by atoms with E-state index in [4.69, 9.17) is 10.5 Å². The summed E-state index contributed by atoms with van der Waals surface area (Å²) in [5.74, 6) is 0.416. The molecule has 10 heteroatoms. The van der Waals surface area contributed by atoms with Gasteiger partial charge in [-0.1, -0.05) is 6.07 Å². The molecule has 1 atom stereocenters. The number of hydrogen-bond donors (Lipinski definition) is 2. The number of rotatable bonds is 9. The summed E-state index contributed by atoms with van der Waals surface area (Å²) in [6.45, 7) is 4.91. The molecule has 0 fully saturated rings. The average Bonchev–Trinajstić information content (AvgIpc) is 2.61. The Kier molecular flexibility index (Phi) is 6.65. The Morgan fingerprint density at radius 3 is 2.52 bits per heavy atom. The topological polar surface area (TPSA) is 89.2 Å². The lowest BCUT2D eigenvalue weighted by atomic mass is 10.2. The van der Waals surface area contributed by atoms with Gasteiger partial charge in [0.1, 0.15) is 6.61 Å². The molecule has 148 valence electrons. The van der Waals surface area contributed by atoms with Gasteiger partial charge in [0.2, 0.25) is 17.6 Å². The van der Waals surface area contributed by atoms with Crippen LogP contribution in [0.25, 0.3) is 0 Å². The van der Waals surface area contributed by atoms with Gasteiger partial charge >= 0.3 is 6.01 Å². The highest BCUT2D eigenvalue weighted by Crippen LogP contribution is 2.23. The van der Waals surface area contributed by atoms with Gasteiger partial charge in [-0.3, -0.25) is 0 Å². The molecule has 0 aliphatic heterocycles. The molecule has 1 aromatic carbocycles. The van der Waals surface area contributed by atoms with Gasteiger partial charge in [-0.05, 0) is 39.0 Å². The van der Waals surface area contributed by atoms with E-state index in [-0.39, 0.29) is 17.9 Å². The van der Waals surface area contributed by atoms with Gasteiger partial charge in [0.05, 0.1) is 0 Å². The first-order valence-corrected chi connectivity index (χ1v) is 8.48. The van der Waals surface area contributed by atoms with Crippen LogP contribution in [0.15, 0.2) is 24.3 Å². The Balaban J connectivity index is 2.30. The Morgan fingerprint density at radius 2 is 1.93 bits per heavy atom. The van der Waals surface area contributed by atoms with Crippen molar-refractivity contribution in [2.45, 2.75) is 32.9 Å². The number of benzene rings is 1. The predicted octanol–water partition coefficient (Wildman–Crippen LogP) is 3.42. The number of anilines is 4. The van der Waals surface area contributed by atoms with Gasteiger partial charge < -0.3 is 20.7 Å². The molecular formula is C17H23F3N6O.